The Morgan fingerprint density at radius 1 is 1.33 bits per heavy atom. The highest BCUT2D eigenvalue weighted by Gasteiger charge is 2.28. The van der Waals surface area contributed by atoms with Gasteiger partial charge in [-0.3, -0.25) is 0 Å². The SMILES string of the molecule is CCCCS(=O)(=O)N=S(=O)(OF)C(F)F. The quantitative estimate of drug-likeness (QED) is 0.734. The van der Waals surface area contributed by atoms with E-state index in [2.05, 4.69) is 8.16 Å². The molecule has 0 N–H and O–H groups in total. The molecule has 0 aromatic carbocycles. The number of halogens is 3. The van der Waals surface area contributed by atoms with Crippen molar-refractivity contribution in [1.29, 1.82) is 0 Å². The number of unbranched alkanes of at least 4 members (excludes halogenated alkanes) is 1. The van der Waals surface area contributed by atoms with Gasteiger partial charge in [-0.1, -0.05) is 21.5 Å². The minimum atomic E-state index is -5.09. The van der Waals surface area contributed by atoms with Gasteiger partial charge in [0.25, 0.3) is 20.0 Å². The van der Waals surface area contributed by atoms with Crippen LogP contribution in [0.25, 0.3) is 0 Å². The molecular formula is C5H10F3NO4S2. The van der Waals surface area contributed by atoms with Gasteiger partial charge >= 0.3 is 5.76 Å². The Hall–Kier alpha value is -0.350. The summed E-state index contributed by atoms with van der Waals surface area (Å²) in [7, 11) is -9.45. The first-order valence-electron chi connectivity index (χ1n) is 3.85. The van der Waals surface area contributed by atoms with Crippen LogP contribution < -0.4 is 0 Å². The van der Waals surface area contributed by atoms with Crippen LogP contribution in [0.4, 0.5) is 13.3 Å². The van der Waals surface area contributed by atoms with E-state index in [1.54, 1.807) is 6.92 Å². The van der Waals surface area contributed by atoms with Gasteiger partial charge in [-0.15, -0.1) is 0 Å². The van der Waals surface area contributed by atoms with Crippen molar-refractivity contribution in [1.82, 2.24) is 0 Å². The van der Waals surface area contributed by atoms with Gasteiger partial charge in [-0.05, 0) is 10.9 Å². The van der Waals surface area contributed by atoms with Gasteiger partial charge in [0.05, 0.1) is 5.75 Å². The minimum Gasteiger partial charge on any atom is -0.211 e. The molecule has 1 unspecified atom stereocenters. The zero-order valence-electron chi connectivity index (χ0n) is 7.73. The molecule has 0 saturated carbocycles. The molecule has 1 atom stereocenters. The summed E-state index contributed by atoms with van der Waals surface area (Å²) >= 11 is 0. The predicted octanol–water partition coefficient (Wildman–Crippen LogP) is 1.62. The van der Waals surface area contributed by atoms with Crippen LogP contribution in [-0.4, -0.2) is 24.1 Å². The third-order valence-electron chi connectivity index (χ3n) is 1.29. The summed E-state index contributed by atoms with van der Waals surface area (Å²) in [5, 5.41) is 0. The molecular weight excluding hydrogens is 259 g/mol. The van der Waals surface area contributed by atoms with Crippen molar-refractivity contribution in [2.75, 3.05) is 5.75 Å². The summed E-state index contributed by atoms with van der Waals surface area (Å²) < 4.78 is 72.7. The van der Waals surface area contributed by atoms with Crippen LogP contribution >= 0.6 is 0 Å². The van der Waals surface area contributed by atoms with Gasteiger partial charge < -0.3 is 0 Å². The highest BCUT2D eigenvalue weighted by atomic mass is 32.3. The van der Waals surface area contributed by atoms with E-state index in [1.165, 1.54) is 0 Å². The molecule has 0 aromatic heterocycles. The summed E-state index contributed by atoms with van der Waals surface area (Å²) in [4.78, 5) is 0. The van der Waals surface area contributed by atoms with Gasteiger partial charge in [0.1, 0.15) is 0 Å². The van der Waals surface area contributed by atoms with Crippen molar-refractivity contribution in [2.45, 2.75) is 25.5 Å². The molecule has 0 rings (SSSR count). The Bertz CT molecular complexity index is 399. The molecule has 0 spiro atoms. The number of hydrogen-bond donors (Lipinski definition) is 0. The standard InChI is InChI=1S/C5H10F3NO4S2/c1-2-3-4-14(10,11)9-15(12,13-8)5(6)7/h5H,2-4H2,1H3. The highest BCUT2D eigenvalue weighted by Crippen LogP contribution is 2.15. The Kier molecular flexibility index (Phi) is 5.53. The molecule has 0 saturated heterocycles. The van der Waals surface area contributed by atoms with Crippen LogP contribution in [-0.2, 0) is 24.4 Å². The van der Waals surface area contributed by atoms with E-state index >= 15 is 0 Å². The molecule has 0 heterocycles. The van der Waals surface area contributed by atoms with E-state index in [9.17, 15) is 25.9 Å². The van der Waals surface area contributed by atoms with Crippen molar-refractivity contribution in [3.05, 3.63) is 0 Å². The van der Waals surface area contributed by atoms with E-state index in [0.717, 1.165) is 0 Å². The molecule has 10 heteroatoms. The first kappa shape index (κ1) is 14.6. The lowest BCUT2D eigenvalue weighted by atomic mass is 10.4. The van der Waals surface area contributed by atoms with Crippen molar-refractivity contribution < 1.29 is 30.3 Å². The molecule has 0 radical (unpaired) electrons. The second kappa shape index (κ2) is 5.66. The fourth-order valence-corrected chi connectivity index (χ4v) is 3.22. The zero-order chi connectivity index (χ0) is 12.1. The maximum absolute atomic E-state index is 11.9. The second-order valence-electron chi connectivity index (χ2n) is 2.55. The lowest BCUT2D eigenvalue weighted by Gasteiger charge is -2.02. The Morgan fingerprint density at radius 2 is 1.87 bits per heavy atom. The summed E-state index contributed by atoms with van der Waals surface area (Å²) in [6.07, 6.45) is 0.623. The van der Waals surface area contributed by atoms with Crippen molar-refractivity contribution in [2.24, 2.45) is 3.77 Å². The van der Waals surface area contributed by atoms with Crippen LogP contribution in [0.3, 0.4) is 0 Å². The molecule has 15 heavy (non-hydrogen) atoms. The fraction of sp³-hybridized carbons (Fsp3) is 1.00. The Balaban J connectivity index is 5.09. The largest absolute Gasteiger partial charge is 0.346 e. The summed E-state index contributed by atoms with van der Waals surface area (Å²) in [6.45, 7) is 1.66. The molecule has 5 nitrogen and oxygen atoms in total. The van der Waals surface area contributed by atoms with E-state index in [1.807, 2.05) is 0 Å². The minimum absolute atomic E-state index is 0.150. The van der Waals surface area contributed by atoms with Gasteiger partial charge in [0.15, 0.2) is 0 Å². The number of nitrogens with zero attached hydrogens (tertiary/aromatic N) is 1. The number of alkyl halides is 2. The summed E-state index contributed by atoms with van der Waals surface area (Å²) in [5.41, 5.74) is 0. The predicted molar refractivity (Wildman–Crippen MR) is 47.5 cm³/mol. The lowest BCUT2D eigenvalue weighted by Crippen LogP contribution is -2.15. The smallest absolute Gasteiger partial charge is 0.211 e. The van der Waals surface area contributed by atoms with Crippen molar-refractivity contribution in [3.8, 4) is 0 Å². The summed E-state index contributed by atoms with van der Waals surface area (Å²) in [6, 6.07) is 0. The van der Waals surface area contributed by atoms with E-state index in [0.29, 0.717) is 6.42 Å². The molecule has 0 aliphatic heterocycles. The Labute approximate surface area is 86.0 Å². The third kappa shape index (κ3) is 4.80. The van der Waals surface area contributed by atoms with E-state index < -0.39 is 31.5 Å². The van der Waals surface area contributed by atoms with E-state index in [4.69, 9.17) is 0 Å². The topological polar surface area (TPSA) is 72.8 Å². The first-order valence-corrected chi connectivity index (χ1v) is 6.97. The monoisotopic (exact) mass is 269 g/mol. The molecule has 0 aromatic rings. The zero-order valence-corrected chi connectivity index (χ0v) is 9.36. The molecule has 0 aliphatic carbocycles. The third-order valence-corrected chi connectivity index (χ3v) is 4.46. The number of rotatable bonds is 6. The van der Waals surface area contributed by atoms with Crippen LogP contribution in [0.1, 0.15) is 19.8 Å². The maximum atomic E-state index is 11.9. The normalized spacial score (nSPS) is 16.3. The van der Waals surface area contributed by atoms with Crippen molar-refractivity contribution in [3.63, 3.8) is 0 Å². The molecule has 0 bridgehead atoms. The van der Waals surface area contributed by atoms with Gasteiger partial charge in [0.2, 0.25) is 0 Å². The van der Waals surface area contributed by atoms with E-state index in [-0.39, 0.29) is 6.42 Å². The lowest BCUT2D eigenvalue weighted by molar-refractivity contribution is -0.000781. The summed E-state index contributed by atoms with van der Waals surface area (Å²) in [5.74, 6) is -4.39. The van der Waals surface area contributed by atoms with Crippen molar-refractivity contribution >= 4 is 20.0 Å². The van der Waals surface area contributed by atoms with Crippen LogP contribution in [0.2, 0.25) is 0 Å². The van der Waals surface area contributed by atoms with Crippen LogP contribution in [0.15, 0.2) is 3.77 Å². The number of sulfonamides is 1. The van der Waals surface area contributed by atoms with Gasteiger partial charge in [-0.25, -0.2) is 12.6 Å². The Morgan fingerprint density at radius 3 is 2.20 bits per heavy atom. The number of hydrogen-bond acceptors (Lipinski definition) is 4. The van der Waals surface area contributed by atoms with Gasteiger partial charge in [-0.2, -0.15) is 8.78 Å². The molecule has 0 aliphatic rings. The second-order valence-corrected chi connectivity index (χ2v) is 6.23. The van der Waals surface area contributed by atoms with Crippen LogP contribution in [0.5, 0.6) is 0 Å². The fourth-order valence-electron chi connectivity index (χ4n) is 0.594. The average Bonchev–Trinajstić information content (AvgIpc) is 2.13. The molecule has 0 amide bonds. The van der Waals surface area contributed by atoms with Gasteiger partial charge in [0, 0.05) is 0 Å². The molecule has 0 fully saturated rings. The average molecular weight is 269 g/mol. The molecule has 92 valence electrons. The first-order chi connectivity index (χ1) is 6.77. The van der Waals surface area contributed by atoms with Crippen LogP contribution in [0, 0.1) is 0 Å². The highest BCUT2D eigenvalue weighted by molar-refractivity contribution is 8.01. The maximum Gasteiger partial charge on any atom is 0.346 e.